The molecule has 0 rings (SSSR count). The van der Waals surface area contributed by atoms with Crippen molar-refractivity contribution in [1.82, 2.24) is 0 Å². The molecular weight excluding hydrogens is 733 g/mol. The zero-order chi connectivity index (χ0) is 43.0. The highest BCUT2D eigenvalue weighted by molar-refractivity contribution is 5.71. The third-order valence-electron chi connectivity index (χ3n) is 11.5. The topological polar surface area (TPSA) is 78.9 Å². The predicted molar refractivity (Wildman–Crippen MR) is 252 cm³/mol. The Bertz CT molecular complexity index is 958. The van der Waals surface area contributed by atoms with Crippen LogP contribution in [0, 0.1) is 0 Å². The Kier molecular flexibility index (Phi) is 46.8. The van der Waals surface area contributed by atoms with Gasteiger partial charge in [-0.2, -0.15) is 0 Å². The molecular formula is C53H98O6. The van der Waals surface area contributed by atoms with Gasteiger partial charge in [0.2, 0.25) is 0 Å². The van der Waals surface area contributed by atoms with Crippen LogP contribution in [-0.2, 0) is 28.6 Å². The maximum atomic E-state index is 12.8. The second-order valence-electron chi connectivity index (χ2n) is 17.4. The van der Waals surface area contributed by atoms with Gasteiger partial charge in [0.05, 0.1) is 0 Å². The Balaban J connectivity index is 4.24. The molecule has 1 unspecified atom stereocenters. The molecule has 0 aromatic rings. The smallest absolute Gasteiger partial charge is 0.306 e. The van der Waals surface area contributed by atoms with Crippen molar-refractivity contribution in [3.05, 3.63) is 24.3 Å². The third-order valence-corrected chi connectivity index (χ3v) is 11.5. The molecule has 0 spiro atoms. The van der Waals surface area contributed by atoms with Crippen LogP contribution in [0.3, 0.4) is 0 Å². The number of hydrogen-bond acceptors (Lipinski definition) is 6. The number of esters is 3. The molecule has 0 aromatic heterocycles. The van der Waals surface area contributed by atoms with E-state index < -0.39 is 6.10 Å². The highest BCUT2D eigenvalue weighted by Gasteiger charge is 2.19. The lowest BCUT2D eigenvalue weighted by Crippen LogP contribution is -2.30. The standard InChI is InChI=1S/C53H98O6/c1-4-7-10-13-16-19-21-23-25-26-27-28-29-31-32-34-37-40-43-46-52(55)58-49-50(48-57-51(54)45-42-39-36-18-15-12-9-6-3)59-53(56)47-44-41-38-35-33-30-24-22-20-17-14-11-8-5-2/h16,19,23,25,50H,4-15,17-18,20-22,24,26-49H2,1-3H3/b19-16-,25-23-. The summed E-state index contributed by atoms with van der Waals surface area (Å²) in [6.07, 6.45) is 54.5. The average Bonchev–Trinajstić information content (AvgIpc) is 3.23. The Labute approximate surface area is 366 Å². The monoisotopic (exact) mass is 831 g/mol. The summed E-state index contributed by atoms with van der Waals surface area (Å²) < 4.78 is 16.8. The number of carbonyl (C=O) groups excluding carboxylic acids is 3. The molecule has 6 heteroatoms. The van der Waals surface area contributed by atoms with Crippen LogP contribution in [0.2, 0.25) is 0 Å². The first-order valence-electron chi connectivity index (χ1n) is 25.8. The van der Waals surface area contributed by atoms with Crippen LogP contribution in [0.5, 0.6) is 0 Å². The SMILES string of the molecule is CCCCC/C=C\C/C=C\CCCCCCCCCCCC(=O)OCC(COC(=O)CCCCCCCCCC)OC(=O)CCCCCCCCCCCCCCCC. The van der Waals surface area contributed by atoms with Crippen LogP contribution in [0.1, 0.15) is 278 Å². The summed E-state index contributed by atoms with van der Waals surface area (Å²) in [7, 11) is 0. The number of allylic oxidation sites excluding steroid dienone is 4. The van der Waals surface area contributed by atoms with Gasteiger partial charge in [0.15, 0.2) is 6.10 Å². The van der Waals surface area contributed by atoms with Crippen molar-refractivity contribution in [1.29, 1.82) is 0 Å². The summed E-state index contributed by atoms with van der Waals surface area (Å²) in [6.45, 7) is 6.61. The Morgan fingerprint density at radius 1 is 0.339 bits per heavy atom. The lowest BCUT2D eigenvalue weighted by atomic mass is 10.0. The van der Waals surface area contributed by atoms with Crippen molar-refractivity contribution in [2.45, 2.75) is 284 Å². The van der Waals surface area contributed by atoms with E-state index in [2.05, 4.69) is 45.1 Å². The molecule has 0 amide bonds. The maximum absolute atomic E-state index is 12.8. The fourth-order valence-corrected chi connectivity index (χ4v) is 7.53. The van der Waals surface area contributed by atoms with Crippen LogP contribution >= 0.6 is 0 Å². The second-order valence-corrected chi connectivity index (χ2v) is 17.4. The lowest BCUT2D eigenvalue weighted by Gasteiger charge is -2.18. The molecule has 0 saturated heterocycles. The molecule has 59 heavy (non-hydrogen) atoms. The van der Waals surface area contributed by atoms with Gasteiger partial charge < -0.3 is 14.2 Å². The summed E-state index contributed by atoms with van der Waals surface area (Å²) in [5, 5.41) is 0. The number of unbranched alkanes of at least 4 members (excludes halogenated alkanes) is 32. The molecule has 1 atom stereocenters. The molecule has 0 aliphatic carbocycles. The Morgan fingerprint density at radius 2 is 0.610 bits per heavy atom. The summed E-state index contributed by atoms with van der Waals surface area (Å²) in [6, 6.07) is 0. The molecule has 0 N–H and O–H groups in total. The van der Waals surface area contributed by atoms with E-state index in [1.54, 1.807) is 0 Å². The first kappa shape index (κ1) is 56.9. The molecule has 0 fully saturated rings. The van der Waals surface area contributed by atoms with E-state index in [0.29, 0.717) is 19.3 Å². The summed E-state index contributed by atoms with van der Waals surface area (Å²) >= 11 is 0. The Hall–Kier alpha value is -2.11. The zero-order valence-corrected chi connectivity index (χ0v) is 39.5. The molecule has 0 aliphatic heterocycles. The number of hydrogen-bond donors (Lipinski definition) is 0. The van der Waals surface area contributed by atoms with E-state index in [1.807, 2.05) is 0 Å². The molecule has 0 heterocycles. The van der Waals surface area contributed by atoms with Gasteiger partial charge in [-0.1, -0.05) is 231 Å². The molecule has 0 saturated carbocycles. The molecule has 0 radical (unpaired) electrons. The van der Waals surface area contributed by atoms with E-state index in [-0.39, 0.29) is 31.1 Å². The van der Waals surface area contributed by atoms with E-state index in [4.69, 9.17) is 14.2 Å². The fourth-order valence-electron chi connectivity index (χ4n) is 7.53. The van der Waals surface area contributed by atoms with Crippen LogP contribution in [0.25, 0.3) is 0 Å². The number of carbonyl (C=O) groups is 3. The highest BCUT2D eigenvalue weighted by atomic mass is 16.6. The largest absolute Gasteiger partial charge is 0.462 e. The van der Waals surface area contributed by atoms with E-state index in [9.17, 15) is 14.4 Å². The van der Waals surface area contributed by atoms with Gasteiger partial charge in [-0.15, -0.1) is 0 Å². The number of ether oxygens (including phenoxy) is 3. The van der Waals surface area contributed by atoms with Crippen molar-refractivity contribution in [3.63, 3.8) is 0 Å². The van der Waals surface area contributed by atoms with Gasteiger partial charge in [0.1, 0.15) is 13.2 Å². The van der Waals surface area contributed by atoms with Gasteiger partial charge >= 0.3 is 17.9 Å². The third kappa shape index (κ3) is 46.8. The summed E-state index contributed by atoms with van der Waals surface area (Å²) in [5.74, 6) is -0.864. The van der Waals surface area contributed by atoms with Gasteiger partial charge in [-0.25, -0.2) is 0 Å². The lowest BCUT2D eigenvalue weighted by molar-refractivity contribution is -0.167. The first-order chi connectivity index (χ1) is 29.0. The van der Waals surface area contributed by atoms with E-state index >= 15 is 0 Å². The van der Waals surface area contributed by atoms with Crippen LogP contribution in [0.4, 0.5) is 0 Å². The van der Waals surface area contributed by atoms with Crippen molar-refractivity contribution in [2.75, 3.05) is 13.2 Å². The minimum absolute atomic E-state index is 0.0683. The Morgan fingerprint density at radius 3 is 0.966 bits per heavy atom. The van der Waals surface area contributed by atoms with E-state index in [0.717, 1.165) is 64.2 Å². The average molecular weight is 831 g/mol. The van der Waals surface area contributed by atoms with Crippen LogP contribution in [0.15, 0.2) is 24.3 Å². The molecule has 6 nitrogen and oxygen atoms in total. The maximum Gasteiger partial charge on any atom is 0.306 e. The quantitative estimate of drug-likeness (QED) is 0.0263. The minimum atomic E-state index is -0.765. The second kappa shape index (κ2) is 48.6. The molecule has 0 aliphatic rings. The molecule has 0 bridgehead atoms. The van der Waals surface area contributed by atoms with Crippen molar-refractivity contribution >= 4 is 17.9 Å². The van der Waals surface area contributed by atoms with Gasteiger partial charge in [-0.05, 0) is 51.4 Å². The highest BCUT2D eigenvalue weighted by Crippen LogP contribution is 2.16. The van der Waals surface area contributed by atoms with Gasteiger partial charge in [-0.3, -0.25) is 14.4 Å². The van der Waals surface area contributed by atoms with Crippen molar-refractivity contribution < 1.29 is 28.6 Å². The van der Waals surface area contributed by atoms with Gasteiger partial charge in [0.25, 0.3) is 0 Å². The van der Waals surface area contributed by atoms with E-state index in [1.165, 1.54) is 173 Å². The van der Waals surface area contributed by atoms with Crippen LogP contribution in [-0.4, -0.2) is 37.2 Å². The molecule has 346 valence electrons. The summed E-state index contributed by atoms with van der Waals surface area (Å²) in [4.78, 5) is 37.8. The van der Waals surface area contributed by atoms with Crippen molar-refractivity contribution in [2.24, 2.45) is 0 Å². The normalized spacial score (nSPS) is 12.1. The molecule has 0 aromatic carbocycles. The first-order valence-corrected chi connectivity index (χ1v) is 25.8. The van der Waals surface area contributed by atoms with Crippen molar-refractivity contribution in [3.8, 4) is 0 Å². The predicted octanol–water partition coefficient (Wildman–Crippen LogP) is 16.8. The number of rotatable bonds is 47. The summed E-state index contributed by atoms with van der Waals surface area (Å²) in [5.41, 5.74) is 0. The zero-order valence-electron chi connectivity index (χ0n) is 39.5. The minimum Gasteiger partial charge on any atom is -0.462 e. The van der Waals surface area contributed by atoms with Gasteiger partial charge in [0, 0.05) is 19.3 Å². The fraction of sp³-hybridized carbons (Fsp3) is 0.868. The van der Waals surface area contributed by atoms with Crippen LogP contribution < -0.4 is 0 Å².